The molecule has 3 saturated heterocycles. The first kappa shape index (κ1) is 18.4. The van der Waals surface area contributed by atoms with Gasteiger partial charge in [0.15, 0.2) is 0 Å². The molecule has 0 saturated carbocycles. The average Bonchev–Trinajstić information content (AvgIpc) is 3.17. The van der Waals surface area contributed by atoms with Crippen LogP contribution in [-0.2, 0) is 16.1 Å². The Morgan fingerprint density at radius 1 is 1.15 bits per heavy atom. The number of carbonyl (C=O) groups excluding carboxylic acids is 2. The van der Waals surface area contributed by atoms with Gasteiger partial charge in [0.2, 0.25) is 11.8 Å². The van der Waals surface area contributed by atoms with E-state index in [1.54, 1.807) is 6.92 Å². The van der Waals surface area contributed by atoms with Crippen molar-refractivity contribution < 1.29 is 9.59 Å². The molecule has 2 amide bonds. The molecule has 1 unspecified atom stereocenters. The molecule has 0 bridgehead atoms. The van der Waals surface area contributed by atoms with E-state index >= 15 is 0 Å². The summed E-state index contributed by atoms with van der Waals surface area (Å²) in [7, 11) is 0. The van der Waals surface area contributed by atoms with Gasteiger partial charge in [-0.3, -0.25) is 19.5 Å². The molecule has 4 heterocycles. The van der Waals surface area contributed by atoms with Crippen molar-refractivity contribution in [1.29, 1.82) is 0 Å². The highest BCUT2D eigenvalue weighted by Gasteiger charge is 2.65. The van der Waals surface area contributed by atoms with Crippen molar-refractivity contribution in [3.05, 3.63) is 30.1 Å². The molecule has 3 fully saturated rings. The highest BCUT2D eigenvalue weighted by Crippen LogP contribution is 2.57. The molecule has 1 aromatic heterocycles. The zero-order valence-electron chi connectivity index (χ0n) is 16.5. The maximum absolute atomic E-state index is 13.3. The van der Waals surface area contributed by atoms with Gasteiger partial charge in [-0.2, -0.15) is 0 Å². The van der Waals surface area contributed by atoms with Crippen molar-refractivity contribution in [1.82, 2.24) is 19.7 Å². The van der Waals surface area contributed by atoms with Gasteiger partial charge < -0.3 is 9.80 Å². The first-order valence-electron chi connectivity index (χ1n) is 10.2. The molecule has 3 aliphatic rings. The summed E-state index contributed by atoms with van der Waals surface area (Å²) in [5.74, 6) is 0.386. The van der Waals surface area contributed by atoms with E-state index in [1.165, 1.54) is 0 Å². The van der Waals surface area contributed by atoms with Crippen LogP contribution in [0, 0.1) is 10.8 Å². The summed E-state index contributed by atoms with van der Waals surface area (Å²) in [4.78, 5) is 36.3. The van der Waals surface area contributed by atoms with Crippen LogP contribution in [0.25, 0.3) is 0 Å². The van der Waals surface area contributed by atoms with E-state index in [0.29, 0.717) is 6.54 Å². The van der Waals surface area contributed by atoms with Crippen LogP contribution in [0.5, 0.6) is 0 Å². The van der Waals surface area contributed by atoms with Crippen LogP contribution < -0.4 is 0 Å². The zero-order chi connectivity index (χ0) is 19.1. The monoisotopic (exact) mass is 370 g/mol. The van der Waals surface area contributed by atoms with Gasteiger partial charge in [0.25, 0.3) is 0 Å². The third-order valence-electron chi connectivity index (χ3n) is 7.23. The molecule has 0 N–H and O–H groups in total. The van der Waals surface area contributed by atoms with E-state index in [0.717, 1.165) is 64.2 Å². The van der Waals surface area contributed by atoms with Crippen molar-refractivity contribution in [2.45, 2.75) is 39.7 Å². The number of hydrogen-bond acceptors (Lipinski definition) is 4. The summed E-state index contributed by atoms with van der Waals surface area (Å²) in [5, 5.41) is 0. The maximum Gasteiger partial charge on any atom is 0.231 e. The molecule has 1 aromatic rings. The zero-order valence-corrected chi connectivity index (χ0v) is 16.5. The number of pyridine rings is 1. The number of nitrogens with zero attached hydrogens (tertiary/aromatic N) is 4. The van der Waals surface area contributed by atoms with Crippen molar-refractivity contribution in [3.63, 3.8) is 0 Å². The molecule has 1 atom stereocenters. The molecule has 6 nitrogen and oxygen atoms in total. The number of amides is 2. The second-order valence-corrected chi connectivity index (χ2v) is 8.47. The fourth-order valence-corrected chi connectivity index (χ4v) is 5.56. The Morgan fingerprint density at radius 2 is 1.93 bits per heavy atom. The minimum atomic E-state index is -0.369. The Kier molecular flexibility index (Phi) is 4.70. The largest absolute Gasteiger partial charge is 0.342 e. The van der Waals surface area contributed by atoms with Crippen molar-refractivity contribution in [2.24, 2.45) is 10.8 Å². The lowest BCUT2D eigenvalue weighted by Gasteiger charge is -2.46. The number of hydrogen-bond donors (Lipinski definition) is 0. The van der Waals surface area contributed by atoms with Gasteiger partial charge in [0, 0.05) is 51.3 Å². The first-order chi connectivity index (χ1) is 13.0. The van der Waals surface area contributed by atoms with Gasteiger partial charge >= 0.3 is 0 Å². The minimum Gasteiger partial charge on any atom is -0.342 e. The van der Waals surface area contributed by atoms with Gasteiger partial charge in [-0.25, -0.2) is 0 Å². The number of carbonyl (C=O) groups is 2. The second-order valence-electron chi connectivity index (χ2n) is 8.47. The lowest BCUT2D eigenvalue weighted by molar-refractivity contribution is -0.142. The molecule has 146 valence electrons. The van der Waals surface area contributed by atoms with Crippen molar-refractivity contribution >= 4 is 11.8 Å². The Balaban J connectivity index is 1.54. The quantitative estimate of drug-likeness (QED) is 0.814. The fraction of sp³-hybridized carbons (Fsp3) is 0.667. The van der Waals surface area contributed by atoms with Crippen LogP contribution in [0.3, 0.4) is 0 Å². The fourth-order valence-electron chi connectivity index (χ4n) is 5.56. The third kappa shape index (κ3) is 2.94. The lowest BCUT2D eigenvalue weighted by atomic mass is 9.60. The van der Waals surface area contributed by atoms with Crippen molar-refractivity contribution in [3.8, 4) is 0 Å². The smallest absolute Gasteiger partial charge is 0.231 e. The van der Waals surface area contributed by atoms with Gasteiger partial charge in [-0.15, -0.1) is 0 Å². The molecule has 0 aromatic carbocycles. The van der Waals surface area contributed by atoms with Crippen LogP contribution in [0.2, 0.25) is 0 Å². The summed E-state index contributed by atoms with van der Waals surface area (Å²) in [6, 6.07) is 6.04. The average molecular weight is 370 g/mol. The van der Waals surface area contributed by atoms with Crippen LogP contribution in [0.4, 0.5) is 0 Å². The molecule has 6 heteroatoms. The molecule has 27 heavy (non-hydrogen) atoms. The van der Waals surface area contributed by atoms with Crippen LogP contribution in [0.15, 0.2) is 24.4 Å². The maximum atomic E-state index is 13.3. The molecular formula is C21H30N4O2. The molecule has 0 aliphatic carbocycles. The minimum absolute atomic E-state index is 0.0692. The van der Waals surface area contributed by atoms with E-state index in [2.05, 4.69) is 22.9 Å². The molecule has 3 aliphatic heterocycles. The predicted octanol–water partition coefficient (Wildman–Crippen LogP) is 1.76. The van der Waals surface area contributed by atoms with Gasteiger partial charge in [-0.1, -0.05) is 6.07 Å². The standard InChI is InChI=1S/C21H30N4O2/c1-3-24-13-9-21(19(24)27)16-25(17(2)26)15-20(21)7-11-23(12-8-20)14-18-6-4-5-10-22-18/h4-6,10H,3,7-9,11-16H2,1-2H3. The number of rotatable bonds is 3. The van der Waals surface area contributed by atoms with E-state index in [1.807, 2.05) is 28.1 Å². The summed E-state index contributed by atoms with van der Waals surface area (Å²) in [6.45, 7) is 9.42. The highest BCUT2D eigenvalue weighted by atomic mass is 16.2. The summed E-state index contributed by atoms with van der Waals surface area (Å²) >= 11 is 0. The van der Waals surface area contributed by atoms with Crippen LogP contribution in [0.1, 0.15) is 38.8 Å². The SMILES string of the molecule is CCN1CCC2(CN(C(C)=O)CC23CCN(Cc2ccccn2)CC3)C1=O. The van der Waals surface area contributed by atoms with Crippen LogP contribution in [-0.4, -0.2) is 70.8 Å². The van der Waals surface area contributed by atoms with E-state index in [9.17, 15) is 9.59 Å². The van der Waals surface area contributed by atoms with Gasteiger partial charge in [0.1, 0.15) is 0 Å². The molecule has 4 rings (SSSR count). The van der Waals surface area contributed by atoms with Crippen molar-refractivity contribution in [2.75, 3.05) is 39.3 Å². The first-order valence-corrected chi connectivity index (χ1v) is 10.2. The normalized spacial score (nSPS) is 27.9. The molecule has 0 radical (unpaired) electrons. The van der Waals surface area contributed by atoms with E-state index < -0.39 is 0 Å². The Morgan fingerprint density at radius 3 is 2.52 bits per heavy atom. The molecular weight excluding hydrogens is 340 g/mol. The summed E-state index contributed by atoms with van der Waals surface area (Å²) in [5.41, 5.74) is 0.653. The van der Waals surface area contributed by atoms with Gasteiger partial charge in [0.05, 0.1) is 11.1 Å². The molecule has 2 spiro atoms. The van der Waals surface area contributed by atoms with E-state index in [-0.39, 0.29) is 22.6 Å². The number of piperidine rings is 1. The predicted molar refractivity (Wildman–Crippen MR) is 103 cm³/mol. The second kappa shape index (κ2) is 6.89. The van der Waals surface area contributed by atoms with Gasteiger partial charge in [-0.05, 0) is 51.4 Å². The number of fused-ring (bicyclic) bond motifs is 1. The van der Waals surface area contributed by atoms with E-state index in [4.69, 9.17) is 0 Å². The Bertz CT molecular complexity index is 714. The lowest BCUT2D eigenvalue weighted by Crippen LogP contribution is -2.52. The summed E-state index contributed by atoms with van der Waals surface area (Å²) < 4.78 is 0. The van der Waals surface area contributed by atoms with Crippen LogP contribution >= 0.6 is 0 Å². The number of likely N-dealkylation sites (tertiary alicyclic amines) is 3. The Labute approximate surface area is 161 Å². The third-order valence-corrected chi connectivity index (χ3v) is 7.23. The summed E-state index contributed by atoms with van der Waals surface area (Å²) in [6.07, 6.45) is 4.69. The number of aromatic nitrogens is 1. The Hall–Kier alpha value is -1.95. The topological polar surface area (TPSA) is 56.8 Å². The highest BCUT2D eigenvalue weighted by molar-refractivity contribution is 5.88.